The molecule has 0 saturated carbocycles. The number of hydrogen-bond donors (Lipinski definition) is 1. The van der Waals surface area contributed by atoms with Crippen LogP contribution in [0.25, 0.3) is 0 Å². The van der Waals surface area contributed by atoms with Gasteiger partial charge in [-0.1, -0.05) is 60.7 Å². The number of benzene rings is 2. The second-order valence-corrected chi connectivity index (χ2v) is 8.83. The fourth-order valence-corrected chi connectivity index (χ4v) is 3.43. The van der Waals surface area contributed by atoms with Crippen molar-refractivity contribution >= 4 is 23.9 Å². The first-order chi connectivity index (χ1) is 19.8. The molecule has 230 valence electrons. The summed E-state index contributed by atoms with van der Waals surface area (Å²) < 4.78 is 86.0. The van der Waals surface area contributed by atoms with Crippen LogP contribution in [0, 0.1) is 0 Å². The summed E-state index contributed by atoms with van der Waals surface area (Å²) in [7, 11) is 0. The van der Waals surface area contributed by atoms with E-state index >= 15 is 0 Å². The lowest BCUT2D eigenvalue weighted by molar-refractivity contribution is -0.173. The quantitative estimate of drug-likeness (QED) is 0.309. The number of carbonyl (C=O) groups is 4. The summed E-state index contributed by atoms with van der Waals surface area (Å²) in [6.07, 6.45) is -13.4. The van der Waals surface area contributed by atoms with E-state index in [1.165, 1.54) is 0 Å². The monoisotopic (exact) mass is 605 g/mol. The Labute approximate surface area is 237 Å². The van der Waals surface area contributed by atoms with Gasteiger partial charge in [-0.05, 0) is 17.5 Å². The number of hydrogen-bond acceptors (Lipinski definition) is 6. The van der Waals surface area contributed by atoms with Crippen molar-refractivity contribution < 1.29 is 55.0 Å². The largest absolute Gasteiger partial charge is 0.471 e. The lowest BCUT2D eigenvalue weighted by Crippen LogP contribution is -2.46. The van der Waals surface area contributed by atoms with Crippen molar-refractivity contribution in [1.82, 2.24) is 15.1 Å². The van der Waals surface area contributed by atoms with Gasteiger partial charge in [0, 0.05) is 39.1 Å². The lowest BCUT2D eigenvalue weighted by atomic mass is 10.2. The van der Waals surface area contributed by atoms with Gasteiger partial charge in [0.1, 0.15) is 13.2 Å². The Hall–Kier alpha value is -4.30. The second-order valence-electron chi connectivity index (χ2n) is 8.83. The molecule has 2 aromatic carbocycles. The van der Waals surface area contributed by atoms with Crippen LogP contribution >= 0.6 is 0 Å². The van der Waals surface area contributed by atoms with E-state index in [1.54, 1.807) is 66.0 Å². The van der Waals surface area contributed by atoms with Crippen molar-refractivity contribution in [3.8, 4) is 0 Å². The van der Waals surface area contributed by atoms with Crippen molar-refractivity contribution in [3.63, 3.8) is 0 Å². The highest BCUT2D eigenvalue weighted by molar-refractivity contribution is 5.84. The van der Waals surface area contributed by atoms with Crippen LogP contribution in [0.4, 0.5) is 35.9 Å². The minimum absolute atomic E-state index is 0.177. The van der Waals surface area contributed by atoms with E-state index in [-0.39, 0.29) is 39.3 Å². The first-order valence-electron chi connectivity index (χ1n) is 12.6. The van der Waals surface area contributed by atoms with Gasteiger partial charge in [-0.2, -0.15) is 26.3 Å². The van der Waals surface area contributed by atoms with E-state index in [4.69, 9.17) is 9.47 Å². The molecule has 0 aliphatic heterocycles. The average Bonchev–Trinajstić information content (AvgIpc) is 2.95. The summed E-state index contributed by atoms with van der Waals surface area (Å²) in [5.74, 6) is -4.20. The third-order valence-electron chi connectivity index (χ3n) is 5.64. The molecule has 15 heteroatoms. The third kappa shape index (κ3) is 12.5. The van der Waals surface area contributed by atoms with Gasteiger partial charge in [0.2, 0.25) is 5.78 Å². The Kier molecular flexibility index (Phi) is 13.1. The highest BCUT2D eigenvalue weighted by Gasteiger charge is 2.38. The number of amides is 3. The summed E-state index contributed by atoms with van der Waals surface area (Å²) in [5, 5.41) is 1.63. The number of nitrogens with one attached hydrogen (secondary N) is 1. The molecule has 0 aromatic heterocycles. The van der Waals surface area contributed by atoms with Gasteiger partial charge in [-0.3, -0.25) is 9.59 Å². The number of ether oxygens (including phenoxy) is 2. The minimum atomic E-state index is -5.15. The number of ketones is 1. The maximum atomic E-state index is 12.8. The van der Waals surface area contributed by atoms with Crippen LogP contribution in [-0.4, -0.2) is 78.8 Å². The lowest BCUT2D eigenvalue weighted by Gasteiger charge is -2.27. The summed E-state index contributed by atoms with van der Waals surface area (Å²) in [5.41, 5.74) is 1.22. The van der Waals surface area contributed by atoms with Gasteiger partial charge in [0.25, 0.3) is 0 Å². The zero-order valence-electron chi connectivity index (χ0n) is 22.2. The maximum Gasteiger partial charge on any atom is 0.471 e. The van der Waals surface area contributed by atoms with Crippen molar-refractivity contribution in [2.45, 2.75) is 38.4 Å². The average molecular weight is 606 g/mol. The Morgan fingerprint density at radius 3 is 1.52 bits per heavy atom. The van der Waals surface area contributed by atoms with E-state index in [0.717, 1.165) is 9.80 Å². The predicted octanol–water partition coefficient (Wildman–Crippen LogP) is 4.85. The molecular weight excluding hydrogens is 576 g/mol. The van der Waals surface area contributed by atoms with Gasteiger partial charge in [0.15, 0.2) is 0 Å². The smallest absolute Gasteiger partial charge is 0.445 e. The Bertz CT molecular complexity index is 1070. The van der Waals surface area contributed by atoms with E-state index in [9.17, 15) is 45.5 Å². The van der Waals surface area contributed by atoms with Gasteiger partial charge in [-0.25, -0.2) is 9.59 Å². The molecule has 0 saturated heterocycles. The summed E-state index contributed by atoms with van der Waals surface area (Å²) in [4.78, 5) is 49.9. The number of alkyl halides is 6. The Morgan fingerprint density at radius 2 is 1.10 bits per heavy atom. The Balaban J connectivity index is 2.09. The molecule has 2 rings (SSSR count). The molecular formula is C27H29F6N3O6. The fourth-order valence-electron chi connectivity index (χ4n) is 3.43. The maximum absolute atomic E-state index is 12.8. The molecule has 1 N–H and O–H groups in total. The van der Waals surface area contributed by atoms with Gasteiger partial charge in [0.05, 0.1) is 0 Å². The summed E-state index contributed by atoms with van der Waals surface area (Å²) in [6.45, 7) is -2.46. The van der Waals surface area contributed by atoms with Crippen molar-refractivity contribution in [2.75, 3.05) is 32.7 Å². The molecule has 0 aliphatic carbocycles. The van der Waals surface area contributed by atoms with Crippen molar-refractivity contribution in [3.05, 3.63) is 71.8 Å². The number of rotatable bonds is 14. The van der Waals surface area contributed by atoms with Crippen LogP contribution in [0.15, 0.2) is 60.7 Å². The first-order valence-corrected chi connectivity index (χ1v) is 12.6. The standard InChI is InChI=1S/C27H29F6N3O6/c28-26(29,30)22(37)12-7-14-35(24(39)41-18-20-8-3-1-4-9-20)16-17-36(15-13-34-23(38)27(31,32)33)25(40)42-19-21-10-5-2-6-11-21/h1-6,8-11H,7,12-19H2,(H,34,38). The predicted molar refractivity (Wildman–Crippen MR) is 136 cm³/mol. The van der Waals surface area contributed by atoms with E-state index < -0.39 is 55.7 Å². The van der Waals surface area contributed by atoms with Crippen LogP contribution in [0.3, 0.4) is 0 Å². The molecule has 0 atom stereocenters. The van der Waals surface area contributed by atoms with Crippen LogP contribution in [-0.2, 0) is 32.3 Å². The molecule has 9 nitrogen and oxygen atoms in total. The zero-order chi connectivity index (χ0) is 31.2. The number of halogens is 6. The van der Waals surface area contributed by atoms with E-state index in [2.05, 4.69) is 0 Å². The van der Waals surface area contributed by atoms with Gasteiger partial charge in [-0.15, -0.1) is 0 Å². The van der Waals surface area contributed by atoms with Crippen molar-refractivity contribution in [2.24, 2.45) is 0 Å². The van der Waals surface area contributed by atoms with Gasteiger partial charge < -0.3 is 24.6 Å². The highest BCUT2D eigenvalue weighted by atomic mass is 19.4. The van der Waals surface area contributed by atoms with Crippen molar-refractivity contribution in [1.29, 1.82) is 0 Å². The zero-order valence-corrected chi connectivity index (χ0v) is 22.2. The Morgan fingerprint density at radius 1 is 0.643 bits per heavy atom. The van der Waals surface area contributed by atoms with E-state index in [0.29, 0.717) is 11.1 Å². The van der Waals surface area contributed by atoms with Crippen LogP contribution in [0.1, 0.15) is 24.0 Å². The topological polar surface area (TPSA) is 105 Å². The van der Waals surface area contributed by atoms with Crippen LogP contribution in [0.2, 0.25) is 0 Å². The first kappa shape index (κ1) is 33.9. The molecule has 42 heavy (non-hydrogen) atoms. The summed E-state index contributed by atoms with van der Waals surface area (Å²) >= 11 is 0. The summed E-state index contributed by atoms with van der Waals surface area (Å²) in [6, 6.07) is 16.9. The molecule has 0 unspecified atom stereocenters. The highest BCUT2D eigenvalue weighted by Crippen LogP contribution is 2.19. The molecule has 0 aliphatic rings. The number of Topliss-reactive ketones (excluding diaryl/α,β-unsaturated/α-hetero) is 1. The van der Waals surface area contributed by atoms with Crippen LogP contribution < -0.4 is 5.32 Å². The number of nitrogens with zero attached hydrogens (tertiary/aromatic N) is 2. The van der Waals surface area contributed by atoms with E-state index in [1.807, 2.05) is 0 Å². The molecule has 2 aromatic rings. The molecule has 0 spiro atoms. The van der Waals surface area contributed by atoms with Crippen LogP contribution in [0.5, 0.6) is 0 Å². The molecule has 3 amide bonds. The third-order valence-corrected chi connectivity index (χ3v) is 5.64. The normalized spacial score (nSPS) is 11.4. The molecule has 0 radical (unpaired) electrons. The number of carbonyl (C=O) groups excluding carboxylic acids is 4. The second kappa shape index (κ2) is 16.2. The molecule has 0 bridgehead atoms. The van der Waals surface area contributed by atoms with Gasteiger partial charge >= 0.3 is 30.4 Å². The fraction of sp³-hybridized carbons (Fsp3) is 0.407. The molecule has 0 heterocycles. The molecule has 0 fully saturated rings. The SMILES string of the molecule is O=C(OCc1ccccc1)N(CCCC(=O)C(F)(F)F)CCN(CCNC(=O)C(F)(F)F)C(=O)OCc1ccccc1. The minimum Gasteiger partial charge on any atom is -0.445 e.